The van der Waals surface area contributed by atoms with E-state index >= 15 is 0 Å². The van der Waals surface area contributed by atoms with E-state index in [0.29, 0.717) is 11.3 Å². The van der Waals surface area contributed by atoms with Gasteiger partial charge in [0.05, 0.1) is 36.5 Å². The van der Waals surface area contributed by atoms with Crippen molar-refractivity contribution in [3.63, 3.8) is 0 Å². The number of rotatable bonds is 5. The number of aliphatic hydroxyl groups excluding tert-OH is 1. The Bertz CT molecular complexity index is 1090. The summed E-state index contributed by atoms with van der Waals surface area (Å²) in [5.74, 6) is -1.51. The molecule has 0 unspecified atom stereocenters. The lowest BCUT2D eigenvalue weighted by atomic mass is 10.1. The van der Waals surface area contributed by atoms with E-state index in [1.165, 1.54) is 29.2 Å². The zero-order chi connectivity index (χ0) is 23.5. The molecule has 1 amide bonds. The number of hydrogen-bond donors (Lipinski definition) is 1. The Balaban J connectivity index is 1.76. The molecule has 1 aliphatic rings. The van der Waals surface area contributed by atoms with Gasteiger partial charge in [0.15, 0.2) is 11.6 Å². The summed E-state index contributed by atoms with van der Waals surface area (Å²) >= 11 is 0. The maximum Gasteiger partial charge on any atom is 0.411 e. The summed E-state index contributed by atoms with van der Waals surface area (Å²) in [6, 6.07) is 7.60. The van der Waals surface area contributed by atoms with E-state index in [2.05, 4.69) is 4.98 Å². The van der Waals surface area contributed by atoms with Crippen molar-refractivity contribution >= 4 is 11.7 Å². The van der Waals surface area contributed by atoms with Crippen LogP contribution in [0.5, 0.6) is 5.75 Å². The standard InChI is InChI=1S/C23H23F2N3O4/c1-23(2,3)32-22(30)28-11-15(9-16(28)12-29)19-6-5-17(24)20(27-19)13-31-21-7-4-14(10-26)8-18(21)25/h4-9,16,29H,11-13H2,1-3H3/t16-/m1/s1. The molecular formula is C23H23F2N3O4. The number of aromatic nitrogens is 1. The highest BCUT2D eigenvalue weighted by atomic mass is 19.1. The van der Waals surface area contributed by atoms with Crippen molar-refractivity contribution < 1.29 is 28.2 Å². The van der Waals surface area contributed by atoms with E-state index in [9.17, 15) is 18.7 Å². The predicted octanol–water partition coefficient (Wildman–Crippen LogP) is 3.81. The molecular weight excluding hydrogens is 420 g/mol. The largest absolute Gasteiger partial charge is 0.484 e. The maximum atomic E-state index is 14.3. The molecule has 1 aromatic heterocycles. The highest BCUT2D eigenvalue weighted by Gasteiger charge is 2.33. The summed E-state index contributed by atoms with van der Waals surface area (Å²) in [4.78, 5) is 18.1. The summed E-state index contributed by atoms with van der Waals surface area (Å²) in [7, 11) is 0. The van der Waals surface area contributed by atoms with Crippen LogP contribution in [0.1, 0.15) is 37.7 Å². The monoisotopic (exact) mass is 443 g/mol. The molecule has 0 saturated carbocycles. The third kappa shape index (κ3) is 5.39. The third-order valence-corrected chi connectivity index (χ3v) is 4.62. The van der Waals surface area contributed by atoms with Crippen molar-refractivity contribution in [1.82, 2.24) is 9.88 Å². The SMILES string of the molecule is CC(C)(C)OC(=O)N1CC(c2ccc(F)c(COc3ccc(C#N)cc3F)n2)=C[C@@H]1CO. The Hall–Kier alpha value is -3.51. The van der Waals surface area contributed by atoms with Gasteiger partial charge in [-0.15, -0.1) is 0 Å². The minimum Gasteiger partial charge on any atom is -0.484 e. The minimum absolute atomic E-state index is 0.0524. The van der Waals surface area contributed by atoms with E-state index in [-0.39, 0.29) is 36.8 Å². The van der Waals surface area contributed by atoms with Crippen LogP contribution in [0.3, 0.4) is 0 Å². The van der Waals surface area contributed by atoms with Gasteiger partial charge >= 0.3 is 6.09 Å². The number of pyridine rings is 1. The highest BCUT2D eigenvalue weighted by molar-refractivity contribution is 5.77. The molecule has 1 N–H and O–H groups in total. The topological polar surface area (TPSA) is 95.7 Å². The normalized spacial score (nSPS) is 15.8. The first kappa shape index (κ1) is 23.2. The van der Waals surface area contributed by atoms with E-state index in [0.717, 1.165) is 6.07 Å². The lowest BCUT2D eigenvalue weighted by Gasteiger charge is -2.27. The van der Waals surface area contributed by atoms with Gasteiger partial charge < -0.3 is 14.6 Å². The van der Waals surface area contributed by atoms with E-state index in [4.69, 9.17) is 14.7 Å². The van der Waals surface area contributed by atoms with Gasteiger partial charge in [-0.1, -0.05) is 6.08 Å². The smallest absolute Gasteiger partial charge is 0.411 e. The molecule has 2 aromatic rings. The van der Waals surface area contributed by atoms with Crippen LogP contribution < -0.4 is 4.74 Å². The molecule has 0 radical (unpaired) electrons. The lowest BCUT2D eigenvalue weighted by Crippen LogP contribution is -2.41. The highest BCUT2D eigenvalue weighted by Crippen LogP contribution is 2.27. The van der Waals surface area contributed by atoms with Gasteiger partial charge in [0.25, 0.3) is 0 Å². The number of ether oxygens (including phenoxy) is 2. The minimum atomic E-state index is -0.738. The van der Waals surface area contributed by atoms with Crippen LogP contribution in [0.25, 0.3) is 5.57 Å². The van der Waals surface area contributed by atoms with Gasteiger partial charge in [0.1, 0.15) is 23.7 Å². The van der Waals surface area contributed by atoms with Crippen LogP contribution in [-0.4, -0.2) is 45.9 Å². The lowest BCUT2D eigenvalue weighted by molar-refractivity contribution is 0.0200. The number of aliphatic hydroxyl groups is 1. The zero-order valence-corrected chi connectivity index (χ0v) is 17.9. The molecule has 0 spiro atoms. The number of nitrogens with zero attached hydrogens (tertiary/aromatic N) is 3. The van der Waals surface area contributed by atoms with Gasteiger partial charge in [0, 0.05) is 0 Å². The van der Waals surface area contributed by atoms with Crippen LogP contribution in [0, 0.1) is 23.0 Å². The first-order valence-corrected chi connectivity index (χ1v) is 9.90. The average Bonchev–Trinajstić information content (AvgIpc) is 3.17. The molecule has 0 bridgehead atoms. The summed E-state index contributed by atoms with van der Waals surface area (Å²) < 4.78 is 39.0. The number of benzene rings is 1. The predicted molar refractivity (Wildman–Crippen MR) is 111 cm³/mol. The molecule has 3 rings (SSSR count). The number of amides is 1. The number of carbonyl (C=O) groups is 1. The van der Waals surface area contributed by atoms with Crippen LogP contribution in [-0.2, 0) is 11.3 Å². The molecule has 1 atom stereocenters. The Morgan fingerprint density at radius 3 is 2.66 bits per heavy atom. The molecule has 2 heterocycles. The van der Waals surface area contributed by atoms with Gasteiger partial charge in [-0.25, -0.2) is 18.6 Å². The van der Waals surface area contributed by atoms with Gasteiger partial charge in [-0.2, -0.15) is 5.26 Å². The number of nitriles is 1. The fourth-order valence-corrected chi connectivity index (χ4v) is 3.11. The third-order valence-electron chi connectivity index (χ3n) is 4.62. The molecule has 168 valence electrons. The van der Waals surface area contributed by atoms with Crippen molar-refractivity contribution in [2.75, 3.05) is 13.2 Å². The maximum absolute atomic E-state index is 14.3. The first-order valence-electron chi connectivity index (χ1n) is 9.90. The fourth-order valence-electron chi connectivity index (χ4n) is 3.11. The second-order valence-electron chi connectivity index (χ2n) is 8.22. The zero-order valence-electron chi connectivity index (χ0n) is 17.9. The molecule has 1 aliphatic heterocycles. The Morgan fingerprint density at radius 1 is 1.28 bits per heavy atom. The number of hydrogen-bond acceptors (Lipinski definition) is 6. The number of halogens is 2. The van der Waals surface area contributed by atoms with Gasteiger partial charge in [-0.3, -0.25) is 4.90 Å². The quantitative estimate of drug-likeness (QED) is 0.755. The van der Waals surface area contributed by atoms with E-state index in [1.807, 2.05) is 6.07 Å². The van der Waals surface area contributed by atoms with Gasteiger partial charge in [-0.05, 0) is 56.7 Å². The van der Waals surface area contributed by atoms with Crippen molar-refractivity contribution in [3.05, 3.63) is 65.0 Å². The fraction of sp³-hybridized carbons (Fsp3) is 0.348. The summed E-state index contributed by atoms with van der Waals surface area (Å²) in [5.41, 5.74) is 0.403. The van der Waals surface area contributed by atoms with Crippen LogP contribution in [0.4, 0.5) is 13.6 Å². The Kier molecular flexibility index (Phi) is 6.75. The Morgan fingerprint density at radius 2 is 2.03 bits per heavy atom. The summed E-state index contributed by atoms with van der Waals surface area (Å²) in [6.07, 6.45) is 1.10. The van der Waals surface area contributed by atoms with Crippen molar-refractivity contribution in [3.8, 4) is 11.8 Å². The number of carbonyl (C=O) groups excluding carboxylic acids is 1. The van der Waals surface area contributed by atoms with Crippen molar-refractivity contribution in [2.24, 2.45) is 0 Å². The first-order chi connectivity index (χ1) is 15.1. The van der Waals surface area contributed by atoms with Gasteiger partial charge in [0.2, 0.25) is 0 Å². The second-order valence-corrected chi connectivity index (χ2v) is 8.22. The Labute approximate surface area is 184 Å². The molecule has 9 heteroatoms. The van der Waals surface area contributed by atoms with E-state index in [1.54, 1.807) is 26.8 Å². The molecule has 32 heavy (non-hydrogen) atoms. The van der Waals surface area contributed by atoms with Crippen molar-refractivity contribution in [1.29, 1.82) is 5.26 Å². The molecule has 1 aromatic carbocycles. The van der Waals surface area contributed by atoms with E-state index < -0.39 is 29.4 Å². The van der Waals surface area contributed by atoms with Crippen molar-refractivity contribution in [2.45, 2.75) is 39.0 Å². The van der Waals surface area contributed by atoms with Crippen LogP contribution in [0.2, 0.25) is 0 Å². The van der Waals surface area contributed by atoms with Crippen LogP contribution >= 0.6 is 0 Å². The molecule has 0 fully saturated rings. The summed E-state index contributed by atoms with van der Waals surface area (Å²) in [6.45, 7) is 4.71. The average molecular weight is 443 g/mol. The molecule has 0 aliphatic carbocycles. The molecule has 0 saturated heterocycles. The van der Waals surface area contributed by atoms with Crippen LogP contribution in [0.15, 0.2) is 36.4 Å². The second kappa shape index (κ2) is 9.32. The summed E-state index contributed by atoms with van der Waals surface area (Å²) in [5, 5.41) is 18.5. The molecule has 7 nitrogen and oxygen atoms in total.